The van der Waals surface area contributed by atoms with Crippen LogP contribution in [0.4, 0.5) is 0 Å². The molecule has 3 aromatic carbocycles. The maximum Gasteiger partial charge on any atom is 0.268 e. The third kappa shape index (κ3) is 5.06. The third-order valence-electron chi connectivity index (χ3n) is 5.35. The topological polar surface area (TPSA) is 72.1 Å². The zero-order valence-electron chi connectivity index (χ0n) is 18.3. The molecule has 5 nitrogen and oxygen atoms in total. The number of rotatable bonds is 8. The second-order valence-electron chi connectivity index (χ2n) is 7.77. The quantitative estimate of drug-likeness (QED) is 0.320. The Morgan fingerprint density at radius 2 is 1.79 bits per heavy atom. The van der Waals surface area contributed by atoms with Gasteiger partial charge in [-0.1, -0.05) is 60.2 Å². The number of benzene rings is 3. The largest absolute Gasteiger partial charge is 0.376 e. The van der Waals surface area contributed by atoms with Crippen molar-refractivity contribution >= 4 is 27.0 Å². The predicted octanol–water partition coefficient (Wildman–Crippen LogP) is 5.68. The Kier molecular flexibility index (Phi) is 6.74. The molecule has 0 saturated heterocycles. The van der Waals surface area contributed by atoms with Gasteiger partial charge >= 0.3 is 0 Å². The zero-order valence-corrected chi connectivity index (χ0v) is 19.1. The molecule has 6 heteroatoms. The molecule has 0 saturated carbocycles. The van der Waals surface area contributed by atoms with Crippen molar-refractivity contribution in [2.24, 2.45) is 0 Å². The normalized spacial score (nSPS) is 11.8. The lowest BCUT2D eigenvalue weighted by atomic mass is 10.1. The lowest BCUT2D eigenvalue weighted by Gasteiger charge is -2.08. The number of aryl methyl sites for hydroxylation is 1. The molecule has 1 aromatic heterocycles. The van der Waals surface area contributed by atoms with E-state index in [0.29, 0.717) is 36.1 Å². The number of hydrogen-bond donors (Lipinski definition) is 0. The first kappa shape index (κ1) is 22.5. The van der Waals surface area contributed by atoms with Gasteiger partial charge in [0.05, 0.1) is 35.3 Å². The highest BCUT2D eigenvalue weighted by Crippen LogP contribution is 2.28. The Morgan fingerprint density at radius 1 is 1.03 bits per heavy atom. The Hall–Kier alpha value is -3.66. The van der Waals surface area contributed by atoms with Crippen LogP contribution in [-0.2, 0) is 21.4 Å². The summed E-state index contributed by atoms with van der Waals surface area (Å²) >= 11 is 0. The fourth-order valence-corrected chi connectivity index (χ4v) is 4.95. The minimum absolute atomic E-state index is 0.221. The van der Waals surface area contributed by atoms with Crippen LogP contribution in [0.15, 0.2) is 90.0 Å². The summed E-state index contributed by atoms with van der Waals surface area (Å²) in [6, 6.07) is 23.9. The predicted molar refractivity (Wildman–Crippen MR) is 130 cm³/mol. The summed E-state index contributed by atoms with van der Waals surface area (Å²) in [6.45, 7) is 3.01. The van der Waals surface area contributed by atoms with Gasteiger partial charge in [0.15, 0.2) is 0 Å². The van der Waals surface area contributed by atoms with Gasteiger partial charge in [-0.05, 0) is 49.2 Å². The van der Waals surface area contributed by atoms with Crippen molar-refractivity contribution in [1.82, 2.24) is 3.97 Å². The van der Waals surface area contributed by atoms with E-state index in [1.54, 1.807) is 48.7 Å². The average Bonchev–Trinajstić information content (AvgIpc) is 3.21. The molecule has 0 amide bonds. The van der Waals surface area contributed by atoms with Gasteiger partial charge in [-0.3, -0.25) is 0 Å². The van der Waals surface area contributed by atoms with Crippen LogP contribution in [0.5, 0.6) is 0 Å². The standard InChI is InChI=1S/C27H24N2O3S/c1-21-10-13-25(14-11-21)33(30,31)29-19-24(26-17-23(18-28)12-15-27(26)29)9-5-6-16-32-20-22-7-3-2-4-8-22/h2-5,7-15,17,19H,6,16,20H2,1H3/b9-5+. The summed E-state index contributed by atoms with van der Waals surface area (Å²) in [5, 5.41) is 10.0. The lowest BCUT2D eigenvalue weighted by molar-refractivity contribution is 0.125. The summed E-state index contributed by atoms with van der Waals surface area (Å²) in [5.74, 6) is 0. The van der Waals surface area contributed by atoms with E-state index in [1.165, 1.54) is 3.97 Å². The van der Waals surface area contributed by atoms with Crippen LogP contribution >= 0.6 is 0 Å². The second-order valence-corrected chi connectivity index (χ2v) is 9.59. The van der Waals surface area contributed by atoms with E-state index in [4.69, 9.17) is 4.74 Å². The van der Waals surface area contributed by atoms with E-state index in [-0.39, 0.29) is 4.90 Å². The Balaban J connectivity index is 1.58. The van der Waals surface area contributed by atoms with Gasteiger partial charge in [0.2, 0.25) is 0 Å². The van der Waals surface area contributed by atoms with E-state index in [9.17, 15) is 13.7 Å². The van der Waals surface area contributed by atoms with E-state index >= 15 is 0 Å². The van der Waals surface area contributed by atoms with Crippen molar-refractivity contribution in [2.75, 3.05) is 6.61 Å². The van der Waals surface area contributed by atoms with E-state index < -0.39 is 10.0 Å². The van der Waals surface area contributed by atoms with Crippen LogP contribution in [-0.4, -0.2) is 19.0 Å². The molecular formula is C27H24N2O3S. The molecule has 0 spiro atoms. The average molecular weight is 457 g/mol. The van der Waals surface area contributed by atoms with Gasteiger partial charge in [-0.2, -0.15) is 5.26 Å². The summed E-state index contributed by atoms with van der Waals surface area (Å²) in [6.07, 6.45) is 6.14. The van der Waals surface area contributed by atoms with Gasteiger partial charge in [0, 0.05) is 17.1 Å². The molecule has 4 aromatic rings. The molecule has 1 heterocycles. The minimum atomic E-state index is -3.78. The van der Waals surface area contributed by atoms with E-state index in [0.717, 1.165) is 16.7 Å². The van der Waals surface area contributed by atoms with Crippen LogP contribution in [0.2, 0.25) is 0 Å². The molecule has 0 fully saturated rings. The Bertz CT molecular complexity index is 1430. The fourth-order valence-electron chi connectivity index (χ4n) is 3.58. The molecule has 166 valence electrons. The van der Waals surface area contributed by atoms with E-state index in [1.807, 2.05) is 49.4 Å². The third-order valence-corrected chi connectivity index (χ3v) is 7.03. The van der Waals surface area contributed by atoms with Crippen LogP contribution < -0.4 is 0 Å². The first-order chi connectivity index (χ1) is 16.0. The Morgan fingerprint density at radius 3 is 2.52 bits per heavy atom. The fraction of sp³-hybridized carbons (Fsp3) is 0.148. The summed E-state index contributed by atoms with van der Waals surface area (Å²) in [7, 11) is -3.78. The number of aromatic nitrogens is 1. The minimum Gasteiger partial charge on any atom is -0.376 e. The van der Waals surface area contributed by atoms with Gasteiger partial charge in [-0.15, -0.1) is 0 Å². The lowest BCUT2D eigenvalue weighted by Crippen LogP contribution is -2.11. The van der Waals surface area contributed by atoms with Crippen molar-refractivity contribution < 1.29 is 13.2 Å². The van der Waals surface area contributed by atoms with Crippen LogP contribution in [0.25, 0.3) is 17.0 Å². The second kappa shape index (κ2) is 9.86. The zero-order chi connectivity index (χ0) is 23.3. The highest BCUT2D eigenvalue weighted by Gasteiger charge is 2.20. The van der Waals surface area contributed by atoms with Crippen LogP contribution in [0, 0.1) is 18.3 Å². The molecule has 0 aliphatic carbocycles. The number of fused-ring (bicyclic) bond motifs is 1. The molecule has 0 aliphatic heterocycles. The number of ether oxygens (including phenoxy) is 1. The van der Waals surface area contributed by atoms with Gasteiger partial charge < -0.3 is 4.74 Å². The highest BCUT2D eigenvalue weighted by atomic mass is 32.2. The SMILES string of the molecule is Cc1ccc(S(=O)(=O)n2cc(/C=C/CCOCc3ccccc3)c3cc(C#N)ccc32)cc1. The van der Waals surface area contributed by atoms with Gasteiger partial charge in [0.25, 0.3) is 10.0 Å². The monoisotopic (exact) mass is 456 g/mol. The molecule has 0 unspecified atom stereocenters. The molecule has 0 atom stereocenters. The molecule has 0 bridgehead atoms. The van der Waals surface area contributed by atoms with Crippen molar-refractivity contribution in [3.8, 4) is 6.07 Å². The number of nitrogens with zero attached hydrogens (tertiary/aromatic N) is 2. The number of hydrogen-bond acceptors (Lipinski definition) is 4. The van der Waals surface area contributed by atoms with Crippen molar-refractivity contribution in [3.63, 3.8) is 0 Å². The van der Waals surface area contributed by atoms with Crippen LogP contribution in [0.1, 0.15) is 28.7 Å². The van der Waals surface area contributed by atoms with Crippen molar-refractivity contribution in [3.05, 3.63) is 107 Å². The smallest absolute Gasteiger partial charge is 0.268 e. The number of nitriles is 1. The Labute approximate surface area is 194 Å². The maximum absolute atomic E-state index is 13.3. The summed E-state index contributed by atoms with van der Waals surface area (Å²) < 4.78 is 33.7. The highest BCUT2D eigenvalue weighted by molar-refractivity contribution is 7.90. The molecular weight excluding hydrogens is 432 g/mol. The maximum atomic E-state index is 13.3. The van der Waals surface area contributed by atoms with Gasteiger partial charge in [0.1, 0.15) is 0 Å². The molecule has 0 radical (unpaired) electrons. The first-order valence-corrected chi connectivity index (χ1v) is 12.1. The van der Waals surface area contributed by atoms with Crippen molar-refractivity contribution in [2.45, 2.75) is 24.8 Å². The van der Waals surface area contributed by atoms with E-state index in [2.05, 4.69) is 6.07 Å². The molecule has 4 rings (SSSR count). The van der Waals surface area contributed by atoms with Crippen molar-refractivity contribution in [1.29, 1.82) is 5.26 Å². The molecule has 0 N–H and O–H groups in total. The summed E-state index contributed by atoms with van der Waals surface area (Å²) in [5.41, 5.74) is 3.86. The van der Waals surface area contributed by atoms with Crippen LogP contribution in [0.3, 0.4) is 0 Å². The van der Waals surface area contributed by atoms with Gasteiger partial charge in [-0.25, -0.2) is 12.4 Å². The molecule has 0 aliphatic rings. The summed E-state index contributed by atoms with van der Waals surface area (Å²) in [4.78, 5) is 0.221. The first-order valence-electron chi connectivity index (χ1n) is 10.6. The molecule has 33 heavy (non-hydrogen) atoms.